The molecular formula is C20H27ClO2. The summed E-state index contributed by atoms with van der Waals surface area (Å²) in [5.41, 5.74) is 1.75. The smallest absolute Gasteiger partial charge is 0.225 e. The highest BCUT2D eigenvalue weighted by molar-refractivity contribution is 6.64. The number of hydrogen-bond acceptors (Lipinski definition) is 2. The van der Waals surface area contributed by atoms with E-state index in [1.54, 1.807) is 0 Å². The van der Waals surface area contributed by atoms with Crippen LogP contribution in [-0.2, 0) is 9.59 Å². The van der Waals surface area contributed by atoms with Crippen molar-refractivity contribution in [3.05, 3.63) is 11.6 Å². The van der Waals surface area contributed by atoms with Crippen molar-refractivity contribution in [3.8, 4) is 0 Å². The molecule has 6 unspecified atom stereocenters. The van der Waals surface area contributed by atoms with Gasteiger partial charge >= 0.3 is 0 Å². The molecule has 126 valence electrons. The molecule has 0 aromatic heterocycles. The van der Waals surface area contributed by atoms with E-state index in [0.29, 0.717) is 30.0 Å². The molecule has 4 aliphatic carbocycles. The minimum Gasteiger partial charge on any atom is -0.295 e. The maximum atomic E-state index is 11.9. The molecule has 0 saturated heterocycles. The molecule has 0 aromatic carbocycles. The minimum absolute atomic E-state index is 0.0628. The molecule has 3 saturated carbocycles. The van der Waals surface area contributed by atoms with Crippen LogP contribution in [-0.4, -0.2) is 11.0 Å². The Morgan fingerprint density at radius 2 is 1.87 bits per heavy atom. The monoisotopic (exact) mass is 334 g/mol. The molecule has 23 heavy (non-hydrogen) atoms. The van der Waals surface area contributed by atoms with E-state index in [4.69, 9.17) is 11.6 Å². The van der Waals surface area contributed by atoms with Crippen LogP contribution >= 0.6 is 11.6 Å². The zero-order valence-corrected chi connectivity index (χ0v) is 15.0. The van der Waals surface area contributed by atoms with E-state index in [1.807, 2.05) is 6.08 Å². The number of halogens is 1. The summed E-state index contributed by atoms with van der Waals surface area (Å²) >= 11 is 5.94. The third-order valence-electron chi connectivity index (χ3n) is 8.24. The lowest BCUT2D eigenvalue weighted by atomic mass is 9.47. The summed E-state index contributed by atoms with van der Waals surface area (Å²) in [6.07, 6.45) is 10.4. The molecule has 0 heterocycles. The van der Waals surface area contributed by atoms with Gasteiger partial charge in [0.05, 0.1) is 0 Å². The first kappa shape index (κ1) is 15.9. The van der Waals surface area contributed by atoms with Gasteiger partial charge in [0.2, 0.25) is 5.24 Å². The van der Waals surface area contributed by atoms with Crippen molar-refractivity contribution >= 4 is 22.6 Å². The van der Waals surface area contributed by atoms with Crippen molar-refractivity contribution in [2.75, 3.05) is 0 Å². The first-order valence-corrected chi connectivity index (χ1v) is 9.67. The molecule has 4 rings (SSSR count). The van der Waals surface area contributed by atoms with Gasteiger partial charge in [0, 0.05) is 12.3 Å². The average Bonchev–Trinajstić information content (AvgIpc) is 2.85. The van der Waals surface area contributed by atoms with Crippen LogP contribution in [0.5, 0.6) is 0 Å². The van der Waals surface area contributed by atoms with Crippen LogP contribution in [0.15, 0.2) is 11.6 Å². The van der Waals surface area contributed by atoms with Gasteiger partial charge in [-0.25, -0.2) is 0 Å². The number of allylic oxidation sites excluding steroid dienone is 1. The summed E-state index contributed by atoms with van der Waals surface area (Å²) in [6.45, 7) is 4.73. The number of carbonyl (C=O) groups excluding carboxylic acids is 2. The zero-order valence-electron chi connectivity index (χ0n) is 14.2. The number of hydrogen-bond donors (Lipinski definition) is 0. The van der Waals surface area contributed by atoms with E-state index in [-0.39, 0.29) is 22.0 Å². The standard InChI is InChI=1S/C20H27ClO2/c1-19-9-7-13(22)11-12(19)3-4-14-15-5-6-17(18(21)23)20(15,2)10-8-16(14)19/h11,14-17H,3-10H2,1-2H3. The maximum Gasteiger partial charge on any atom is 0.225 e. The first-order valence-electron chi connectivity index (χ1n) is 9.29. The Morgan fingerprint density at radius 3 is 2.61 bits per heavy atom. The third-order valence-corrected chi connectivity index (χ3v) is 8.50. The number of carbonyl (C=O) groups is 2. The van der Waals surface area contributed by atoms with Gasteiger partial charge in [0.1, 0.15) is 0 Å². The lowest BCUT2D eigenvalue weighted by Gasteiger charge is -2.57. The molecule has 2 nitrogen and oxygen atoms in total. The molecule has 0 N–H and O–H groups in total. The first-order chi connectivity index (χ1) is 10.9. The highest BCUT2D eigenvalue weighted by Gasteiger charge is 2.59. The molecule has 0 aromatic rings. The Hall–Kier alpha value is -0.630. The number of ketones is 1. The fourth-order valence-electron chi connectivity index (χ4n) is 6.93. The minimum atomic E-state index is -0.112. The average molecular weight is 335 g/mol. The highest BCUT2D eigenvalue weighted by atomic mass is 35.5. The van der Waals surface area contributed by atoms with E-state index in [0.717, 1.165) is 32.1 Å². The Labute approximate surface area is 144 Å². The summed E-state index contributed by atoms with van der Waals surface area (Å²) in [6, 6.07) is 0. The van der Waals surface area contributed by atoms with Crippen LogP contribution in [0.2, 0.25) is 0 Å². The van der Waals surface area contributed by atoms with Crippen LogP contribution in [0, 0.1) is 34.5 Å². The molecule has 4 aliphatic rings. The summed E-state index contributed by atoms with van der Waals surface area (Å²) in [4.78, 5) is 23.8. The van der Waals surface area contributed by atoms with Crippen molar-refractivity contribution in [2.24, 2.45) is 34.5 Å². The molecule has 0 aliphatic heterocycles. The SMILES string of the molecule is CC12CCC(=O)C=C1CCC1C2CCC2(C)C(C(=O)Cl)CCC12. The van der Waals surface area contributed by atoms with Crippen LogP contribution in [0.3, 0.4) is 0 Å². The molecule has 0 spiro atoms. The Morgan fingerprint density at radius 1 is 1.09 bits per heavy atom. The van der Waals surface area contributed by atoms with Gasteiger partial charge in [0.15, 0.2) is 5.78 Å². The largest absolute Gasteiger partial charge is 0.295 e. The van der Waals surface area contributed by atoms with Crippen molar-refractivity contribution in [3.63, 3.8) is 0 Å². The zero-order chi connectivity index (χ0) is 16.4. The summed E-state index contributed by atoms with van der Waals surface area (Å²) in [7, 11) is 0. The van der Waals surface area contributed by atoms with Crippen molar-refractivity contribution < 1.29 is 9.59 Å². The van der Waals surface area contributed by atoms with Gasteiger partial charge in [0.25, 0.3) is 0 Å². The number of rotatable bonds is 1. The van der Waals surface area contributed by atoms with Crippen LogP contribution in [0.25, 0.3) is 0 Å². The summed E-state index contributed by atoms with van der Waals surface area (Å²) in [5, 5.41) is -0.112. The van der Waals surface area contributed by atoms with Crippen LogP contribution < -0.4 is 0 Å². The van der Waals surface area contributed by atoms with E-state index in [9.17, 15) is 9.59 Å². The van der Waals surface area contributed by atoms with Gasteiger partial charge in [-0.1, -0.05) is 19.4 Å². The maximum absolute atomic E-state index is 11.9. The molecule has 3 heteroatoms. The number of fused-ring (bicyclic) bond motifs is 5. The molecule has 6 atom stereocenters. The molecule has 3 fully saturated rings. The lowest BCUT2D eigenvalue weighted by molar-refractivity contribution is -0.123. The molecule has 0 radical (unpaired) electrons. The Balaban J connectivity index is 1.67. The lowest BCUT2D eigenvalue weighted by Crippen LogP contribution is -2.50. The van der Waals surface area contributed by atoms with Crippen molar-refractivity contribution in [1.82, 2.24) is 0 Å². The topological polar surface area (TPSA) is 34.1 Å². The van der Waals surface area contributed by atoms with Crippen LogP contribution in [0.1, 0.15) is 65.2 Å². The van der Waals surface area contributed by atoms with E-state index in [1.165, 1.54) is 18.4 Å². The Kier molecular flexibility index (Phi) is 3.58. The van der Waals surface area contributed by atoms with Gasteiger partial charge in [-0.2, -0.15) is 0 Å². The fraction of sp³-hybridized carbons (Fsp3) is 0.800. The van der Waals surface area contributed by atoms with Gasteiger partial charge in [-0.3, -0.25) is 9.59 Å². The quantitative estimate of drug-likeness (QED) is 0.639. The van der Waals surface area contributed by atoms with Crippen LogP contribution in [0.4, 0.5) is 0 Å². The normalized spacial score (nSPS) is 49.0. The second kappa shape index (κ2) is 5.18. The third kappa shape index (κ3) is 2.13. The molecule has 0 bridgehead atoms. The van der Waals surface area contributed by atoms with E-state index < -0.39 is 0 Å². The predicted molar refractivity (Wildman–Crippen MR) is 91.1 cm³/mol. The highest BCUT2D eigenvalue weighted by Crippen LogP contribution is 2.66. The van der Waals surface area contributed by atoms with Gasteiger partial charge < -0.3 is 0 Å². The van der Waals surface area contributed by atoms with E-state index >= 15 is 0 Å². The second-order valence-electron chi connectivity index (χ2n) is 8.95. The second-order valence-corrected chi connectivity index (χ2v) is 9.32. The van der Waals surface area contributed by atoms with E-state index in [2.05, 4.69) is 13.8 Å². The Bertz CT molecular complexity index is 594. The summed E-state index contributed by atoms with van der Waals surface area (Å²) in [5.74, 6) is 2.44. The van der Waals surface area contributed by atoms with Gasteiger partial charge in [-0.05, 0) is 91.2 Å². The molecular weight excluding hydrogens is 308 g/mol. The van der Waals surface area contributed by atoms with Crippen molar-refractivity contribution in [1.29, 1.82) is 0 Å². The van der Waals surface area contributed by atoms with Gasteiger partial charge in [-0.15, -0.1) is 0 Å². The predicted octanol–water partition coefficient (Wildman–Crippen LogP) is 4.90. The fourth-order valence-corrected chi connectivity index (χ4v) is 7.29. The summed E-state index contributed by atoms with van der Waals surface area (Å²) < 4.78 is 0. The molecule has 0 amide bonds. The van der Waals surface area contributed by atoms with Crippen molar-refractivity contribution in [2.45, 2.75) is 65.2 Å².